The Bertz CT molecular complexity index is 1140. The van der Waals surface area contributed by atoms with Crippen LogP contribution in [0.4, 0.5) is 0 Å². The maximum Gasteiger partial charge on any atom is 0.243 e. The molecule has 3 aromatic carbocycles. The predicted molar refractivity (Wildman–Crippen MR) is 155 cm³/mol. The summed E-state index contributed by atoms with van der Waals surface area (Å²) in [6.07, 6.45) is 1.45. The van der Waals surface area contributed by atoms with Gasteiger partial charge in [0.15, 0.2) is 0 Å². The molecule has 5 heteroatoms. The van der Waals surface area contributed by atoms with Gasteiger partial charge in [-0.2, -0.15) is 0 Å². The van der Waals surface area contributed by atoms with E-state index in [1.165, 1.54) is 5.56 Å². The topological polar surface area (TPSA) is 49.4 Å². The molecular formula is C32H39BrN2O2. The number of benzene rings is 3. The highest BCUT2D eigenvalue weighted by molar-refractivity contribution is 9.10. The molecule has 0 saturated carbocycles. The lowest BCUT2D eigenvalue weighted by Gasteiger charge is -2.32. The Balaban J connectivity index is 1.87. The summed E-state index contributed by atoms with van der Waals surface area (Å²) in [5.41, 5.74) is 4.43. The second kappa shape index (κ2) is 14.1. The standard InChI is InChI=1S/C32H39BrN2O2/c1-23(2)21-34-32(37)30(20-26-9-6-5-7-10-26)35(22-27-11-8-12-29(33)19-27)31(36)18-15-25-13-16-28(17-14-25)24(3)4/h5-14,16-17,19,23-24,30H,15,18,20-22H2,1-4H3,(H,34,37). The Hall–Kier alpha value is -2.92. The van der Waals surface area contributed by atoms with Gasteiger partial charge >= 0.3 is 0 Å². The number of amides is 2. The minimum atomic E-state index is -0.601. The highest BCUT2D eigenvalue weighted by atomic mass is 79.9. The van der Waals surface area contributed by atoms with Gasteiger partial charge in [-0.1, -0.05) is 110 Å². The van der Waals surface area contributed by atoms with Crippen LogP contribution < -0.4 is 5.32 Å². The third-order valence-electron chi connectivity index (χ3n) is 6.47. The first kappa shape index (κ1) is 28.6. The number of carbonyl (C=O) groups is 2. The van der Waals surface area contributed by atoms with Crippen molar-refractivity contribution in [2.75, 3.05) is 6.54 Å². The molecule has 4 nitrogen and oxygen atoms in total. The van der Waals surface area contributed by atoms with E-state index < -0.39 is 6.04 Å². The molecule has 3 rings (SSSR count). The van der Waals surface area contributed by atoms with Gasteiger partial charge in [0.2, 0.25) is 11.8 Å². The smallest absolute Gasteiger partial charge is 0.243 e. The second-order valence-corrected chi connectivity index (χ2v) is 11.3. The number of rotatable bonds is 12. The number of aryl methyl sites for hydroxylation is 1. The first-order valence-electron chi connectivity index (χ1n) is 13.2. The summed E-state index contributed by atoms with van der Waals surface area (Å²) in [5, 5.41) is 3.08. The highest BCUT2D eigenvalue weighted by Gasteiger charge is 2.30. The van der Waals surface area contributed by atoms with Crippen LogP contribution in [0.1, 0.15) is 62.3 Å². The van der Waals surface area contributed by atoms with Crippen molar-refractivity contribution in [2.24, 2.45) is 5.92 Å². The van der Waals surface area contributed by atoms with Gasteiger partial charge in [0, 0.05) is 30.4 Å². The van der Waals surface area contributed by atoms with Crippen LogP contribution in [0.3, 0.4) is 0 Å². The number of hydrogen-bond acceptors (Lipinski definition) is 2. The second-order valence-electron chi connectivity index (χ2n) is 10.4. The van der Waals surface area contributed by atoms with Gasteiger partial charge in [0.25, 0.3) is 0 Å². The maximum atomic E-state index is 13.8. The van der Waals surface area contributed by atoms with Gasteiger partial charge in [0.05, 0.1) is 0 Å². The van der Waals surface area contributed by atoms with Gasteiger partial charge in [-0.3, -0.25) is 9.59 Å². The van der Waals surface area contributed by atoms with E-state index in [0.717, 1.165) is 21.2 Å². The third kappa shape index (κ3) is 9.15. The average Bonchev–Trinajstić information content (AvgIpc) is 2.88. The number of nitrogens with one attached hydrogen (secondary N) is 1. The van der Waals surface area contributed by atoms with Crippen LogP contribution in [0.5, 0.6) is 0 Å². The van der Waals surface area contributed by atoms with Crippen LogP contribution in [-0.4, -0.2) is 29.3 Å². The first-order chi connectivity index (χ1) is 17.7. The fourth-order valence-electron chi connectivity index (χ4n) is 4.27. The van der Waals surface area contributed by atoms with E-state index in [4.69, 9.17) is 0 Å². The van der Waals surface area contributed by atoms with Crippen molar-refractivity contribution in [3.05, 3.63) is 106 Å². The molecule has 0 aliphatic rings. The molecule has 1 N–H and O–H groups in total. The zero-order chi connectivity index (χ0) is 26.8. The Labute approximate surface area is 230 Å². The summed E-state index contributed by atoms with van der Waals surface area (Å²) in [7, 11) is 0. The first-order valence-corrected chi connectivity index (χ1v) is 14.0. The molecule has 2 amide bonds. The quantitative estimate of drug-likeness (QED) is 0.260. The predicted octanol–water partition coefficient (Wildman–Crippen LogP) is 6.92. The fourth-order valence-corrected chi connectivity index (χ4v) is 4.72. The zero-order valence-corrected chi connectivity index (χ0v) is 24.0. The summed E-state index contributed by atoms with van der Waals surface area (Å²) >= 11 is 3.54. The molecule has 0 aromatic heterocycles. The summed E-state index contributed by atoms with van der Waals surface area (Å²) < 4.78 is 0.950. The van der Waals surface area contributed by atoms with Gasteiger partial charge in [-0.15, -0.1) is 0 Å². The van der Waals surface area contributed by atoms with Crippen LogP contribution >= 0.6 is 15.9 Å². The van der Waals surface area contributed by atoms with Crippen molar-refractivity contribution in [1.82, 2.24) is 10.2 Å². The van der Waals surface area contributed by atoms with Crippen LogP contribution in [-0.2, 0) is 29.0 Å². The van der Waals surface area contributed by atoms with E-state index >= 15 is 0 Å². The average molecular weight is 564 g/mol. The number of nitrogens with zero attached hydrogens (tertiary/aromatic N) is 1. The fraction of sp³-hybridized carbons (Fsp3) is 0.375. The molecule has 1 unspecified atom stereocenters. The minimum Gasteiger partial charge on any atom is -0.354 e. The van der Waals surface area contributed by atoms with Gasteiger partial charge in [-0.25, -0.2) is 0 Å². The van der Waals surface area contributed by atoms with E-state index in [1.54, 1.807) is 4.90 Å². The molecule has 3 aromatic rings. The molecule has 196 valence electrons. The summed E-state index contributed by atoms with van der Waals surface area (Å²) in [6.45, 7) is 9.44. The van der Waals surface area contributed by atoms with E-state index in [0.29, 0.717) is 44.2 Å². The minimum absolute atomic E-state index is 0.0199. The molecule has 0 saturated heterocycles. The lowest BCUT2D eigenvalue weighted by Crippen LogP contribution is -2.51. The molecule has 0 radical (unpaired) electrons. The molecular weight excluding hydrogens is 524 g/mol. The molecule has 0 aliphatic heterocycles. The van der Waals surface area contributed by atoms with E-state index in [2.05, 4.69) is 73.2 Å². The Kier molecular flexibility index (Phi) is 10.9. The Morgan fingerprint density at radius 3 is 2.14 bits per heavy atom. The van der Waals surface area contributed by atoms with Crippen LogP contribution in [0.2, 0.25) is 0 Å². The molecule has 0 heterocycles. The van der Waals surface area contributed by atoms with Crippen LogP contribution in [0.25, 0.3) is 0 Å². The third-order valence-corrected chi connectivity index (χ3v) is 6.96. The van der Waals surface area contributed by atoms with E-state index in [-0.39, 0.29) is 11.8 Å². The van der Waals surface area contributed by atoms with Gasteiger partial charge in [-0.05, 0) is 52.6 Å². The summed E-state index contributed by atoms with van der Waals surface area (Å²) in [5.74, 6) is 0.666. The van der Waals surface area contributed by atoms with Crippen molar-refractivity contribution >= 4 is 27.7 Å². The number of halogens is 1. The van der Waals surface area contributed by atoms with Gasteiger partial charge in [0.1, 0.15) is 6.04 Å². The molecule has 1 atom stereocenters. The van der Waals surface area contributed by atoms with Crippen molar-refractivity contribution < 1.29 is 9.59 Å². The zero-order valence-electron chi connectivity index (χ0n) is 22.4. The highest BCUT2D eigenvalue weighted by Crippen LogP contribution is 2.20. The summed E-state index contributed by atoms with van der Waals surface area (Å²) in [4.78, 5) is 29.1. The number of hydrogen-bond donors (Lipinski definition) is 1. The van der Waals surface area contributed by atoms with E-state index in [1.807, 2.05) is 54.6 Å². The lowest BCUT2D eigenvalue weighted by molar-refractivity contribution is -0.141. The van der Waals surface area contributed by atoms with Crippen molar-refractivity contribution in [3.63, 3.8) is 0 Å². The van der Waals surface area contributed by atoms with E-state index in [9.17, 15) is 9.59 Å². The number of carbonyl (C=O) groups excluding carboxylic acids is 2. The van der Waals surface area contributed by atoms with Gasteiger partial charge < -0.3 is 10.2 Å². The normalized spacial score (nSPS) is 12.0. The Morgan fingerprint density at radius 1 is 0.838 bits per heavy atom. The molecule has 0 aliphatic carbocycles. The van der Waals surface area contributed by atoms with Crippen LogP contribution in [0, 0.1) is 5.92 Å². The molecule has 37 heavy (non-hydrogen) atoms. The summed E-state index contributed by atoms with van der Waals surface area (Å²) in [6, 6.07) is 25.8. The molecule has 0 fully saturated rings. The van der Waals surface area contributed by atoms with Crippen molar-refractivity contribution in [3.8, 4) is 0 Å². The van der Waals surface area contributed by atoms with Crippen LogP contribution in [0.15, 0.2) is 83.3 Å². The lowest BCUT2D eigenvalue weighted by atomic mass is 9.99. The maximum absolute atomic E-state index is 13.8. The van der Waals surface area contributed by atoms with Crippen molar-refractivity contribution in [2.45, 2.75) is 65.5 Å². The molecule has 0 bridgehead atoms. The monoisotopic (exact) mass is 562 g/mol. The Morgan fingerprint density at radius 2 is 1.51 bits per heavy atom. The van der Waals surface area contributed by atoms with Crippen molar-refractivity contribution in [1.29, 1.82) is 0 Å². The molecule has 0 spiro atoms. The largest absolute Gasteiger partial charge is 0.354 e. The SMILES string of the molecule is CC(C)CNC(=O)C(Cc1ccccc1)N(Cc1cccc(Br)c1)C(=O)CCc1ccc(C(C)C)cc1.